The van der Waals surface area contributed by atoms with E-state index >= 15 is 0 Å². The van der Waals surface area contributed by atoms with E-state index in [1.807, 2.05) is 20.8 Å². The molecule has 0 amide bonds. The zero-order valence-corrected chi connectivity index (χ0v) is 14.9. The molecular weight excluding hydrogens is 288 g/mol. The van der Waals surface area contributed by atoms with Gasteiger partial charge in [0.2, 0.25) is 0 Å². The Morgan fingerprint density at radius 2 is 2.04 bits per heavy atom. The molecule has 0 saturated heterocycles. The van der Waals surface area contributed by atoms with Gasteiger partial charge in [0.15, 0.2) is 0 Å². The summed E-state index contributed by atoms with van der Waals surface area (Å²) in [6.07, 6.45) is 8.35. The Bertz CT molecular complexity index is 541. The zero-order valence-electron chi connectivity index (χ0n) is 14.9. The lowest BCUT2D eigenvalue weighted by Crippen LogP contribution is -2.54. The first-order valence-corrected chi connectivity index (χ1v) is 8.75. The van der Waals surface area contributed by atoms with Crippen molar-refractivity contribution < 1.29 is 14.7 Å². The van der Waals surface area contributed by atoms with Gasteiger partial charge < -0.3 is 9.90 Å². The molecule has 0 aromatic rings. The number of aldehydes is 2. The van der Waals surface area contributed by atoms with Crippen molar-refractivity contribution in [2.75, 3.05) is 0 Å². The van der Waals surface area contributed by atoms with Crippen LogP contribution in [-0.2, 0) is 9.59 Å². The van der Waals surface area contributed by atoms with Gasteiger partial charge in [-0.05, 0) is 64.2 Å². The second-order valence-electron chi connectivity index (χ2n) is 7.95. The van der Waals surface area contributed by atoms with Gasteiger partial charge in [0, 0.05) is 5.57 Å². The zero-order chi connectivity index (χ0) is 17.3. The normalized spacial score (nSPS) is 35.3. The van der Waals surface area contributed by atoms with Gasteiger partial charge in [-0.1, -0.05) is 30.6 Å². The molecule has 4 atom stereocenters. The summed E-state index contributed by atoms with van der Waals surface area (Å²) in [5, 5.41) is 10.9. The number of allylic oxidation sites excluding steroid dienone is 3. The molecule has 2 rings (SSSR count). The van der Waals surface area contributed by atoms with Gasteiger partial charge in [0.05, 0.1) is 11.5 Å². The molecule has 0 spiro atoms. The van der Waals surface area contributed by atoms with Gasteiger partial charge in [0.25, 0.3) is 0 Å². The Kier molecular flexibility index (Phi) is 5.30. The Labute approximate surface area is 139 Å². The van der Waals surface area contributed by atoms with Gasteiger partial charge >= 0.3 is 0 Å². The highest BCUT2D eigenvalue weighted by atomic mass is 16.3. The molecule has 1 saturated carbocycles. The van der Waals surface area contributed by atoms with E-state index in [4.69, 9.17) is 0 Å². The average molecular weight is 318 g/mol. The van der Waals surface area contributed by atoms with E-state index in [1.165, 1.54) is 5.57 Å². The maximum absolute atomic E-state index is 12.1. The second-order valence-corrected chi connectivity index (χ2v) is 7.95. The predicted octanol–water partition coefficient (Wildman–Crippen LogP) is 4.00. The highest BCUT2D eigenvalue weighted by Crippen LogP contribution is 2.59. The first kappa shape index (κ1) is 18.1. The summed E-state index contributed by atoms with van der Waals surface area (Å²) in [6.45, 7) is 8.14. The van der Waals surface area contributed by atoms with Crippen molar-refractivity contribution in [2.45, 2.75) is 72.3 Å². The fraction of sp³-hybridized carbons (Fsp3) is 0.700. The average Bonchev–Trinajstić information content (AvgIpc) is 2.52. The topological polar surface area (TPSA) is 54.4 Å². The van der Waals surface area contributed by atoms with Crippen LogP contribution in [0.15, 0.2) is 22.8 Å². The minimum atomic E-state index is -0.691. The number of rotatable bonds is 5. The molecule has 3 nitrogen and oxygen atoms in total. The van der Waals surface area contributed by atoms with E-state index in [2.05, 4.69) is 13.0 Å². The van der Waals surface area contributed by atoms with E-state index in [0.717, 1.165) is 50.2 Å². The van der Waals surface area contributed by atoms with Gasteiger partial charge in [-0.2, -0.15) is 0 Å². The molecule has 1 fully saturated rings. The minimum absolute atomic E-state index is 0.0470. The molecule has 23 heavy (non-hydrogen) atoms. The summed E-state index contributed by atoms with van der Waals surface area (Å²) >= 11 is 0. The molecule has 0 unspecified atom stereocenters. The van der Waals surface area contributed by atoms with Crippen molar-refractivity contribution in [3.63, 3.8) is 0 Å². The minimum Gasteiger partial charge on any atom is -0.392 e. The number of carbonyl (C=O) groups is 2. The summed E-state index contributed by atoms with van der Waals surface area (Å²) in [5.41, 5.74) is 1.91. The fourth-order valence-electron chi connectivity index (χ4n) is 4.93. The molecule has 0 aromatic heterocycles. The summed E-state index contributed by atoms with van der Waals surface area (Å²) in [5.74, 6) is 0.0470. The van der Waals surface area contributed by atoms with Gasteiger partial charge in [-0.15, -0.1) is 0 Å². The van der Waals surface area contributed by atoms with Crippen LogP contribution in [0.2, 0.25) is 0 Å². The number of aliphatic hydroxyl groups excluding tert-OH is 1. The van der Waals surface area contributed by atoms with Crippen LogP contribution in [0.4, 0.5) is 0 Å². The third-order valence-corrected chi connectivity index (χ3v) is 6.33. The third-order valence-electron chi connectivity index (χ3n) is 6.33. The molecule has 1 N–H and O–H groups in total. The highest BCUT2D eigenvalue weighted by Gasteiger charge is 2.56. The van der Waals surface area contributed by atoms with Crippen LogP contribution < -0.4 is 0 Å². The van der Waals surface area contributed by atoms with E-state index in [-0.39, 0.29) is 11.3 Å². The fourth-order valence-corrected chi connectivity index (χ4v) is 4.93. The Morgan fingerprint density at radius 1 is 1.35 bits per heavy atom. The van der Waals surface area contributed by atoms with E-state index in [0.29, 0.717) is 12.0 Å². The monoisotopic (exact) mass is 318 g/mol. The highest BCUT2D eigenvalue weighted by molar-refractivity contribution is 5.86. The van der Waals surface area contributed by atoms with Crippen LogP contribution in [0, 0.1) is 16.7 Å². The molecule has 128 valence electrons. The summed E-state index contributed by atoms with van der Waals surface area (Å²) in [7, 11) is 0. The van der Waals surface area contributed by atoms with Crippen molar-refractivity contribution >= 4 is 12.6 Å². The summed E-state index contributed by atoms with van der Waals surface area (Å²) in [4.78, 5) is 23.8. The molecule has 2 aliphatic carbocycles. The van der Waals surface area contributed by atoms with Crippen molar-refractivity contribution in [3.05, 3.63) is 22.8 Å². The van der Waals surface area contributed by atoms with Crippen LogP contribution in [-0.4, -0.2) is 23.8 Å². The lowest BCUT2D eigenvalue weighted by molar-refractivity contribution is -0.135. The second kappa shape index (κ2) is 6.72. The standard InChI is InChI=1S/C20H30O3/c1-14(2)6-9-18(23)19(4)10-5-11-20(13-22)16(12-21)15(3)7-8-17(19)20/h6,12-13,17-18,23H,5,7-11H2,1-4H3/t17-,18-,19+,20-/m0/s1. The molecule has 0 bridgehead atoms. The van der Waals surface area contributed by atoms with Crippen LogP contribution in [0.1, 0.15) is 66.2 Å². The Hall–Kier alpha value is -1.22. The first-order chi connectivity index (χ1) is 10.8. The summed E-state index contributed by atoms with van der Waals surface area (Å²) < 4.78 is 0. The maximum atomic E-state index is 12.1. The number of carbonyl (C=O) groups excluding carboxylic acids is 2. The van der Waals surface area contributed by atoms with Gasteiger partial charge in [-0.25, -0.2) is 0 Å². The number of aliphatic hydroxyl groups is 1. The molecular formula is C20H30O3. The van der Waals surface area contributed by atoms with E-state index in [1.54, 1.807) is 0 Å². The Morgan fingerprint density at radius 3 is 2.61 bits per heavy atom. The van der Waals surface area contributed by atoms with Crippen LogP contribution in [0.3, 0.4) is 0 Å². The van der Waals surface area contributed by atoms with Crippen molar-refractivity contribution in [2.24, 2.45) is 16.7 Å². The lowest BCUT2D eigenvalue weighted by atomic mass is 9.48. The van der Waals surface area contributed by atoms with E-state index < -0.39 is 11.5 Å². The quantitative estimate of drug-likeness (QED) is 0.615. The number of fused-ring (bicyclic) bond motifs is 1. The molecule has 2 aliphatic rings. The number of hydrogen-bond acceptors (Lipinski definition) is 3. The largest absolute Gasteiger partial charge is 0.392 e. The summed E-state index contributed by atoms with van der Waals surface area (Å²) in [6, 6.07) is 0. The number of hydrogen-bond donors (Lipinski definition) is 1. The molecule has 3 heteroatoms. The Balaban J connectivity index is 2.44. The van der Waals surface area contributed by atoms with Crippen LogP contribution in [0.25, 0.3) is 0 Å². The maximum Gasteiger partial charge on any atom is 0.146 e. The van der Waals surface area contributed by atoms with E-state index in [9.17, 15) is 14.7 Å². The smallest absolute Gasteiger partial charge is 0.146 e. The predicted molar refractivity (Wildman–Crippen MR) is 92.0 cm³/mol. The molecule has 0 aliphatic heterocycles. The third kappa shape index (κ3) is 2.96. The molecule has 0 radical (unpaired) electrons. The van der Waals surface area contributed by atoms with Crippen LogP contribution >= 0.6 is 0 Å². The lowest BCUT2D eigenvalue weighted by Gasteiger charge is -2.55. The van der Waals surface area contributed by atoms with Crippen molar-refractivity contribution in [1.29, 1.82) is 0 Å². The molecule has 0 aromatic carbocycles. The van der Waals surface area contributed by atoms with Crippen LogP contribution in [0.5, 0.6) is 0 Å². The van der Waals surface area contributed by atoms with Crippen molar-refractivity contribution in [3.8, 4) is 0 Å². The van der Waals surface area contributed by atoms with Gasteiger partial charge in [-0.3, -0.25) is 4.79 Å². The SMILES string of the molecule is CC(C)=CC[C@H](O)[C@]1(C)CCC[C@]2(C=O)C(C=O)=C(C)CC[C@@H]12. The first-order valence-electron chi connectivity index (χ1n) is 8.75. The van der Waals surface area contributed by atoms with Gasteiger partial charge in [0.1, 0.15) is 12.6 Å². The molecule has 0 heterocycles. The van der Waals surface area contributed by atoms with Crippen molar-refractivity contribution in [1.82, 2.24) is 0 Å².